The van der Waals surface area contributed by atoms with Crippen molar-refractivity contribution in [3.05, 3.63) is 70.7 Å². The number of anilines is 3. The third-order valence-corrected chi connectivity index (χ3v) is 3.73. The number of nitrogens with one attached hydrogen (secondary N) is 2. The molecule has 0 aliphatic carbocycles. The zero-order valence-corrected chi connectivity index (χ0v) is 14.2. The number of hydrogen-bond acceptors (Lipinski definition) is 5. The number of nitrogen functional groups attached to an aromatic ring is 1. The Balaban J connectivity index is 1.66. The largest absolute Gasteiger partial charge is 0.444 e. The molecule has 0 fully saturated rings. The minimum Gasteiger partial charge on any atom is -0.444 e. The molecule has 0 aliphatic heterocycles. The van der Waals surface area contributed by atoms with E-state index in [4.69, 9.17) is 10.2 Å². The molecule has 0 spiro atoms. The van der Waals surface area contributed by atoms with Crippen LogP contribution in [0.3, 0.4) is 0 Å². The van der Waals surface area contributed by atoms with Crippen LogP contribution in [0.2, 0.25) is 0 Å². The van der Waals surface area contributed by atoms with Crippen molar-refractivity contribution in [3.8, 4) is 0 Å². The monoisotopic (exact) mass is 386 g/mol. The summed E-state index contributed by atoms with van der Waals surface area (Å²) in [5, 5.41) is 6.02. The number of furan rings is 1. The van der Waals surface area contributed by atoms with Crippen molar-refractivity contribution in [1.82, 2.24) is 4.98 Å². The summed E-state index contributed by atoms with van der Waals surface area (Å²) < 4.78 is 5.75. The fourth-order valence-corrected chi connectivity index (χ4v) is 2.46. The molecule has 3 aromatic rings. The molecule has 7 heteroatoms. The van der Waals surface area contributed by atoms with E-state index in [1.165, 1.54) is 0 Å². The SMILES string of the molecule is Nc1ncccc1NCc1cccc(NC(=O)c2ccc(Br)o2)c1. The number of rotatable bonds is 5. The summed E-state index contributed by atoms with van der Waals surface area (Å²) in [4.78, 5) is 16.1. The lowest BCUT2D eigenvalue weighted by Gasteiger charge is -2.10. The van der Waals surface area contributed by atoms with Gasteiger partial charge in [-0.1, -0.05) is 12.1 Å². The van der Waals surface area contributed by atoms with Gasteiger partial charge in [-0.2, -0.15) is 0 Å². The van der Waals surface area contributed by atoms with E-state index >= 15 is 0 Å². The van der Waals surface area contributed by atoms with Crippen molar-refractivity contribution in [1.29, 1.82) is 0 Å². The zero-order chi connectivity index (χ0) is 16.9. The Morgan fingerprint density at radius 3 is 2.83 bits per heavy atom. The number of amides is 1. The maximum Gasteiger partial charge on any atom is 0.291 e. The maximum atomic E-state index is 12.1. The minimum absolute atomic E-state index is 0.244. The van der Waals surface area contributed by atoms with E-state index in [2.05, 4.69) is 31.5 Å². The Kier molecular flexibility index (Phi) is 4.81. The highest BCUT2D eigenvalue weighted by atomic mass is 79.9. The first-order valence-corrected chi connectivity index (χ1v) is 8.01. The summed E-state index contributed by atoms with van der Waals surface area (Å²) in [6, 6.07) is 14.5. The van der Waals surface area contributed by atoms with Crippen LogP contribution in [0.4, 0.5) is 17.2 Å². The Morgan fingerprint density at radius 1 is 1.21 bits per heavy atom. The first-order chi connectivity index (χ1) is 11.6. The summed E-state index contributed by atoms with van der Waals surface area (Å²) in [6.45, 7) is 0.561. The van der Waals surface area contributed by atoms with Gasteiger partial charge in [0.05, 0.1) is 5.69 Å². The second kappa shape index (κ2) is 7.18. The van der Waals surface area contributed by atoms with E-state index < -0.39 is 0 Å². The maximum absolute atomic E-state index is 12.1. The number of benzene rings is 1. The van der Waals surface area contributed by atoms with Gasteiger partial charge in [-0.15, -0.1) is 0 Å². The van der Waals surface area contributed by atoms with Crippen molar-refractivity contribution in [3.63, 3.8) is 0 Å². The third-order valence-electron chi connectivity index (χ3n) is 3.30. The normalized spacial score (nSPS) is 10.4. The van der Waals surface area contributed by atoms with Crippen LogP contribution in [0.15, 0.2) is 63.8 Å². The van der Waals surface area contributed by atoms with Crippen LogP contribution in [-0.2, 0) is 6.54 Å². The smallest absolute Gasteiger partial charge is 0.291 e. The predicted molar refractivity (Wildman–Crippen MR) is 96.8 cm³/mol. The number of nitrogens with zero attached hydrogens (tertiary/aromatic N) is 1. The Hall–Kier alpha value is -2.80. The van der Waals surface area contributed by atoms with Crippen molar-refractivity contribution in [2.45, 2.75) is 6.54 Å². The van der Waals surface area contributed by atoms with Crippen LogP contribution in [0.5, 0.6) is 0 Å². The van der Waals surface area contributed by atoms with Crippen LogP contribution in [-0.4, -0.2) is 10.9 Å². The highest BCUT2D eigenvalue weighted by Crippen LogP contribution is 2.18. The molecule has 0 atom stereocenters. The second-order valence-corrected chi connectivity index (χ2v) is 5.83. The van der Waals surface area contributed by atoms with Gasteiger partial charge in [0.2, 0.25) is 0 Å². The van der Waals surface area contributed by atoms with E-state index in [0.717, 1.165) is 11.3 Å². The molecule has 0 saturated heterocycles. The molecule has 2 aromatic heterocycles. The van der Waals surface area contributed by atoms with Gasteiger partial charge in [0, 0.05) is 18.4 Å². The van der Waals surface area contributed by atoms with Gasteiger partial charge in [0.15, 0.2) is 10.4 Å². The van der Waals surface area contributed by atoms with Crippen LogP contribution >= 0.6 is 15.9 Å². The minimum atomic E-state index is -0.303. The molecule has 24 heavy (non-hydrogen) atoms. The van der Waals surface area contributed by atoms with E-state index in [1.807, 2.05) is 36.4 Å². The number of hydrogen-bond donors (Lipinski definition) is 3. The summed E-state index contributed by atoms with van der Waals surface area (Å²) >= 11 is 3.18. The quantitative estimate of drug-likeness (QED) is 0.618. The lowest BCUT2D eigenvalue weighted by atomic mass is 10.2. The van der Waals surface area contributed by atoms with Gasteiger partial charge in [0.1, 0.15) is 5.82 Å². The highest BCUT2D eigenvalue weighted by molar-refractivity contribution is 9.10. The summed E-state index contributed by atoms with van der Waals surface area (Å²) in [7, 11) is 0. The molecule has 0 bridgehead atoms. The standard InChI is InChI=1S/C17H15BrN4O2/c18-15-7-6-14(24-15)17(23)22-12-4-1-3-11(9-12)10-21-13-5-2-8-20-16(13)19/h1-9,21H,10H2,(H2,19,20)(H,22,23). The van der Waals surface area contributed by atoms with Crippen molar-refractivity contribution in [2.24, 2.45) is 0 Å². The van der Waals surface area contributed by atoms with Gasteiger partial charge in [-0.05, 0) is 57.9 Å². The van der Waals surface area contributed by atoms with Crippen LogP contribution < -0.4 is 16.4 Å². The van der Waals surface area contributed by atoms with E-state index in [-0.39, 0.29) is 11.7 Å². The van der Waals surface area contributed by atoms with Gasteiger partial charge in [0.25, 0.3) is 5.91 Å². The van der Waals surface area contributed by atoms with Gasteiger partial charge < -0.3 is 20.8 Å². The number of carbonyl (C=O) groups excluding carboxylic acids is 1. The molecule has 3 rings (SSSR count). The Labute approximate surface area is 147 Å². The molecule has 0 aliphatic rings. The zero-order valence-electron chi connectivity index (χ0n) is 12.6. The van der Waals surface area contributed by atoms with E-state index in [1.54, 1.807) is 18.3 Å². The van der Waals surface area contributed by atoms with E-state index in [0.29, 0.717) is 22.7 Å². The van der Waals surface area contributed by atoms with Crippen molar-refractivity contribution < 1.29 is 9.21 Å². The molecule has 122 valence electrons. The summed E-state index contributed by atoms with van der Waals surface area (Å²) in [5.74, 6) is 0.390. The number of pyridine rings is 1. The third kappa shape index (κ3) is 3.94. The topological polar surface area (TPSA) is 93.2 Å². The van der Waals surface area contributed by atoms with Crippen LogP contribution in [0.25, 0.3) is 0 Å². The van der Waals surface area contributed by atoms with Gasteiger partial charge in [-0.25, -0.2) is 4.98 Å². The van der Waals surface area contributed by atoms with Crippen molar-refractivity contribution in [2.75, 3.05) is 16.4 Å². The number of nitrogens with two attached hydrogens (primary N) is 1. The number of halogens is 1. The first kappa shape index (κ1) is 16.1. The van der Waals surface area contributed by atoms with Gasteiger partial charge >= 0.3 is 0 Å². The molecule has 6 nitrogen and oxygen atoms in total. The average Bonchev–Trinajstić information content (AvgIpc) is 3.01. The molecule has 2 heterocycles. The fraction of sp³-hybridized carbons (Fsp3) is 0.0588. The second-order valence-electron chi connectivity index (χ2n) is 5.05. The van der Waals surface area contributed by atoms with E-state index in [9.17, 15) is 4.79 Å². The highest BCUT2D eigenvalue weighted by Gasteiger charge is 2.10. The molecule has 0 saturated carbocycles. The molecule has 0 radical (unpaired) electrons. The van der Waals surface area contributed by atoms with Crippen molar-refractivity contribution >= 4 is 39.0 Å². The molecule has 4 N–H and O–H groups in total. The average molecular weight is 387 g/mol. The Morgan fingerprint density at radius 2 is 2.08 bits per heavy atom. The number of aromatic nitrogens is 1. The lowest BCUT2D eigenvalue weighted by Crippen LogP contribution is -2.11. The molecular weight excluding hydrogens is 372 g/mol. The molecule has 1 amide bonds. The molecule has 1 aromatic carbocycles. The molecular formula is C17H15BrN4O2. The summed E-state index contributed by atoms with van der Waals surface area (Å²) in [5.41, 5.74) is 8.26. The predicted octanol–water partition coefficient (Wildman–Crippen LogP) is 3.88. The van der Waals surface area contributed by atoms with Gasteiger partial charge in [-0.3, -0.25) is 4.79 Å². The van der Waals surface area contributed by atoms with Crippen LogP contribution in [0, 0.1) is 0 Å². The van der Waals surface area contributed by atoms with Crippen LogP contribution in [0.1, 0.15) is 16.1 Å². The summed E-state index contributed by atoms with van der Waals surface area (Å²) in [6.07, 6.45) is 1.64. The Bertz CT molecular complexity index is 863. The fourth-order valence-electron chi connectivity index (χ4n) is 2.15. The lowest BCUT2D eigenvalue weighted by molar-refractivity contribution is 0.0995. The molecule has 0 unspecified atom stereocenters. The number of carbonyl (C=O) groups is 1. The first-order valence-electron chi connectivity index (χ1n) is 7.22.